The van der Waals surface area contributed by atoms with E-state index >= 15 is 0 Å². The lowest BCUT2D eigenvalue weighted by Gasteiger charge is -1.97. The first-order valence-electron chi connectivity index (χ1n) is 4.70. The van der Waals surface area contributed by atoms with Gasteiger partial charge in [-0.1, -0.05) is 0 Å². The highest BCUT2D eigenvalue weighted by Gasteiger charge is 2.19. The largest absolute Gasteiger partial charge is 0.466 e. The van der Waals surface area contributed by atoms with Crippen LogP contribution < -0.4 is 0 Å². The lowest BCUT2D eigenvalue weighted by molar-refractivity contribution is 0.501. The van der Waals surface area contributed by atoms with Crippen LogP contribution in [-0.4, -0.2) is 4.98 Å². The fourth-order valence-electron chi connectivity index (χ4n) is 1.70. The molecule has 2 aromatic heterocycles. The number of halogens is 1. The zero-order valence-corrected chi connectivity index (χ0v) is 9.68. The summed E-state index contributed by atoms with van der Waals surface area (Å²) in [5, 5.41) is 0. The third kappa shape index (κ3) is 1.57. The lowest BCUT2D eigenvalue weighted by Crippen LogP contribution is -1.85. The molecule has 0 spiro atoms. The fraction of sp³-hybridized carbons (Fsp3) is 0.364. The molecule has 15 heavy (non-hydrogen) atoms. The Morgan fingerprint density at radius 1 is 1.27 bits per heavy atom. The van der Waals surface area contributed by atoms with Gasteiger partial charge in [0.15, 0.2) is 12.2 Å². The molecule has 0 aliphatic heterocycles. The summed E-state index contributed by atoms with van der Waals surface area (Å²) < 4.78 is 10.9. The SMILES string of the molecule is Cc1oc(C)c(-c2ocnc2CCl)c1C. The first kappa shape index (κ1) is 10.3. The Kier molecular flexibility index (Phi) is 2.57. The Morgan fingerprint density at radius 2 is 2.00 bits per heavy atom. The van der Waals surface area contributed by atoms with Crippen molar-refractivity contribution < 1.29 is 8.83 Å². The van der Waals surface area contributed by atoms with E-state index in [0.717, 1.165) is 34.1 Å². The van der Waals surface area contributed by atoms with E-state index in [-0.39, 0.29) is 0 Å². The molecule has 0 bridgehead atoms. The number of aryl methyl sites for hydroxylation is 2. The Morgan fingerprint density at radius 3 is 2.53 bits per heavy atom. The Labute approximate surface area is 93.1 Å². The van der Waals surface area contributed by atoms with Crippen LogP contribution in [0.5, 0.6) is 0 Å². The summed E-state index contributed by atoms with van der Waals surface area (Å²) >= 11 is 5.78. The monoisotopic (exact) mass is 225 g/mol. The molecule has 0 amide bonds. The van der Waals surface area contributed by atoms with E-state index in [1.54, 1.807) is 0 Å². The molecule has 0 aliphatic carbocycles. The molecule has 3 nitrogen and oxygen atoms in total. The molecule has 0 saturated carbocycles. The summed E-state index contributed by atoms with van der Waals surface area (Å²) in [5.74, 6) is 2.80. The number of alkyl halides is 1. The van der Waals surface area contributed by atoms with Gasteiger partial charge in [-0.3, -0.25) is 0 Å². The van der Waals surface area contributed by atoms with Crippen molar-refractivity contribution in [3.8, 4) is 11.3 Å². The van der Waals surface area contributed by atoms with Gasteiger partial charge in [-0.25, -0.2) is 4.98 Å². The zero-order chi connectivity index (χ0) is 11.0. The van der Waals surface area contributed by atoms with Gasteiger partial charge in [-0.2, -0.15) is 0 Å². The molecule has 2 heterocycles. The molecule has 0 atom stereocenters. The van der Waals surface area contributed by atoms with Crippen molar-refractivity contribution >= 4 is 11.6 Å². The third-order valence-corrected chi connectivity index (χ3v) is 2.81. The zero-order valence-electron chi connectivity index (χ0n) is 8.93. The van der Waals surface area contributed by atoms with Crippen molar-refractivity contribution in [2.75, 3.05) is 0 Å². The summed E-state index contributed by atoms with van der Waals surface area (Å²) in [4.78, 5) is 4.06. The maximum Gasteiger partial charge on any atom is 0.181 e. The Bertz CT molecular complexity index is 485. The predicted molar refractivity (Wildman–Crippen MR) is 58.0 cm³/mol. The number of aromatic nitrogens is 1. The van der Waals surface area contributed by atoms with Crippen molar-refractivity contribution in [1.82, 2.24) is 4.98 Å². The molecule has 4 heteroatoms. The number of oxazole rings is 1. The van der Waals surface area contributed by atoms with Gasteiger partial charge in [0.05, 0.1) is 11.4 Å². The van der Waals surface area contributed by atoms with Gasteiger partial charge in [0.2, 0.25) is 0 Å². The van der Waals surface area contributed by atoms with Gasteiger partial charge >= 0.3 is 0 Å². The highest BCUT2D eigenvalue weighted by Crippen LogP contribution is 2.33. The number of rotatable bonds is 2. The summed E-state index contributed by atoms with van der Waals surface area (Å²) in [6, 6.07) is 0. The predicted octanol–water partition coefficient (Wildman–Crippen LogP) is 3.60. The number of hydrogen-bond donors (Lipinski definition) is 0. The summed E-state index contributed by atoms with van der Waals surface area (Å²) in [5.41, 5.74) is 2.81. The van der Waals surface area contributed by atoms with Gasteiger partial charge in [-0.15, -0.1) is 11.6 Å². The summed E-state index contributed by atoms with van der Waals surface area (Å²) in [6.45, 7) is 5.85. The molecule has 0 unspecified atom stereocenters. The van der Waals surface area contributed by atoms with E-state index in [9.17, 15) is 0 Å². The molecule has 2 rings (SSSR count). The van der Waals surface area contributed by atoms with E-state index in [0.29, 0.717) is 5.88 Å². The molecule has 0 aliphatic rings. The second-order valence-corrected chi connectivity index (χ2v) is 3.74. The first-order valence-corrected chi connectivity index (χ1v) is 5.24. The molecule has 2 aromatic rings. The summed E-state index contributed by atoms with van der Waals surface area (Å²) in [7, 11) is 0. The van der Waals surface area contributed by atoms with Gasteiger partial charge in [0.1, 0.15) is 17.2 Å². The minimum absolute atomic E-state index is 0.342. The van der Waals surface area contributed by atoms with E-state index in [2.05, 4.69) is 4.98 Å². The topological polar surface area (TPSA) is 39.2 Å². The van der Waals surface area contributed by atoms with E-state index in [1.165, 1.54) is 6.39 Å². The van der Waals surface area contributed by atoms with Crippen LogP contribution in [-0.2, 0) is 5.88 Å². The maximum absolute atomic E-state index is 5.78. The van der Waals surface area contributed by atoms with Crippen LogP contribution >= 0.6 is 11.6 Å². The van der Waals surface area contributed by atoms with Crippen molar-refractivity contribution in [3.63, 3.8) is 0 Å². The van der Waals surface area contributed by atoms with Crippen LogP contribution in [0.3, 0.4) is 0 Å². The highest BCUT2D eigenvalue weighted by molar-refractivity contribution is 6.17. The van der Waals surface area contributed by atoms with Crippen LogP contribution in [0.1, 0.15) is 22.8 Å². The number of nitrogens with zero attached hydrogens (tertiary/aromatic N) is 1. The molecule has 0 fully saturated rings. The molecule has 0 radical (unpaired) electrons. The van der Waals surface area contributed by atoms with Crippen molar-refractivity contribution in [3.05, 3.63) is 29.2 Å². The molecule has 0 N–H and O–H groups in total. The molecule has 0 aromatic carbocycles. The molecular formula is C11H12ClNO2. The van der Waals surface area contributed by atoms with Crippen molar-refractivity contribution in [2.45, 2.75) is 26.7 Å². The normalized spacial score (nSPS) is 10.9. The van der Waals surface area contributed by atoms with Crippen LogP contribution in [0.4, 0.5) is 0 Å². The van der Waals surface area contributed by atoms with Gasteiger partial charge in [-0.05, 0) is 20.8 Å². The van der Waals surface area contributed by atoms with Crippen LogP contribution in [0.2, 0.25) is 0 Å². The molecular weight excluding hydrogens is 214 g/mol. The molecule has 0 saturated heterocycles. The van der Waals surface area contributed by atoms with Crippen molar-refractivity contribution in [1.29, 1.82) is 0 Å². The standard InChI is InChI=1S/C11H12ClNO2/c1-6-7(2)15-8(3)10(6)11-9(4-12)13-5-14-11/h5H,4H2,1-3H3. The average Bonchev–Trinajstić information content (AvgIpc) is 2.73. The minimum Gasteiger partial charge on any atom is -0.466 e. The number of furan rings is 1. The second-order valence-electron chi connectivity index (χ2n) is 3.48. The Hall–Kier alpha value is -1.22. The van der Waals surface area contributed by atoms with E-state index < -0.39 is 0 Å². The van der Waals surface area contributed by atoms with Gasteiger partial charge < -0.3 is 8.83 Å². The quantitative estimate of drug-likeness (QED) is 0.733. The van der Waals surface area contributed by atoms with Crippen LogP contribution in [0.25, 0.3) is 11.3 Å². The molecule has 80 valence electrons. The van der Waals surface area contributed by atoms with E-state index in [4.69, 9.17) is 20.4 Å². The minimum atomic E-state index is 0.342. The smallest absolute Gasteiger partial charge is 0.181 e. The second kappa shape index (κ2) is 3.74. The lowest BCUT2D eigenvalue weighted by atomic mass is 10.1. The van der Waals surface area contributed by atoms with Gasteiger partial charge in [0, 0.05) is 5.56 Å². The average molecular weight is 226 g/mol. The maximum atomic E-state index is 5.78. The van der Waals surface area contributed by atoms with Crippen molar-refractivity contribution in [2.24, 2.45) is 0 Å². The van der Waals surface area contributed by atoms with Crippen LogP contribution in [0.15, 0.2) is 15.2 Å². The highest BCUT2D eigenvalue weighted by atomic mass is 35.5. The first-order chi connectivity index (χ1) is 7.15. The number of hydrogen-bond acceptors (Lipinski definition) is 3. The fourth-order valence-corrected chi connectivity index (χ4v) is 1.89. The van der Waals surface area contributed by atoms with Gasteiger partial charge in [0.25, 0.3) is 0 Å². The Balaban J connectivity index is 2.63. The third-order valence-electron chi connectivity index (χ3n) is 2.56. The summed E-state index contributed by atoms with van der Waals surface area (Å²) in [6.07, 6.45) is 1.41. The van der Waals surface area contributed by atoms with E-state index in [1.807, 2.05) is 20.8 Å². The van der Waals surface area contributed by atoms with Crippen LogP contribution in [0, 0.1) is 20.8 Å².